The highest BCUT2D eigenvalue weighted by molar-refractivity contribution is 7.22. The average Bonchev–Trinajstić information content (AvgIpc) is 3.39. The Balaban J connectivity index is 1.69. The molecule has 0 bridgehead atoms. The number of non-ortho nitro benzene ring substituents is 1. The zero-order valence-electron chi connectivity index (χ0n) is 16.4. The molecule has 1 unspecified atom stereocenters. The predicted molar refractivity (Wildman–Crippen MR) is 110 cm³/mol. The molecule has 8 nitrogen and oxygen atoms in total. The number of benzene rings is 2. The third-order valence-electron chi connectivity index (χ3n) is 4.77. The van der Waals surface area contributed by atoms with Crippen molar-refractivity contribution in [2.75, 3.05) is 18.1 Å². The fourth-order valence-electron chi connectivity index (χ4n) is 3.35. The maximum absolute atomic E-state index is 13.3. The van der Waals surface area contributed by atoms with Crippen LogP contribution in [-0.4, -0.2) is 41.4 Å². The van der Waals surface area contributed by atoms with Gasteiger partial charge in [0.05, 0.1) is 27.8 Å². The van der Waals surface area contributed by atoms with Crippen molar-refractivity contribution < 1.29 is 32.4 Å². The van der Waals surface area contributed by atoms with Crippen molar-refractivity contribution in [1.29, 1.82) is 0 Å². The lowest BCUT2D eigenvalue weighted by atomic mass is 10.1. The van der Waals surface area contributed by atoms with E-state index in [0.717, 1.165) is 30.2 Å². The van der Waals surface area contributed by atoms with Gasteiger partial charge in [-0.3, -0.25) is 19.8 Å². The van der Waals surface area contributed by atoms with E-state index in [1.807, 2.05) is 0 Å². The van der Waals surface area contributed by atoms with E-state index in [4.69, 9.17) is 4.74 Å². The number of anilines is 1. The zero-order chi connectivity index (χ0) is 22.9. The standard InChI is InChI=1S/C20H16F3N3O5S/c21-20(22,23)31-14-6-7-16-17(10-14)32-19(24-16)25(11-15-5-2-8-30-15)18(27)12-3-1-4-13(9-12)26(28)29/h1,3-4,6-7,9-10,15H,2,5,8,11H2. The summed E-state index contributed by atoms with van der Waals surface area (Å²) < 4.78 is 47.6. The number of alkyl halides is 3. The SMILES string of the molecule is O=C(c1cccc([N+](=O)[O-])c1)N(CC1CCCO1)c1nc2ccc(OC(F)(F)F)cc2s1. The van der Waals surface area contributed by atoms with Gasteiger partial charge in [-0.2, -0.15) is 0 Å². The van der Waals surface area contributed by atoms with Crippen molar-refractivity contribution in [1.82, 2.24) is 4.98 Å². The second kappa shape index (κ2) is 8.71. The quantitative estimate of drug-likeness (QED) is 0.377. The summed E-state index contributed by atoms with van der Waals surface area (Å²) >= 11 is 1.02. The Morgan fingerprint density at radius 3 is 2.81 bits per heavy atom. The van der Waals surface area contributed by atoms with Gasteiger partial charge in [0.15, 0.2) is 5.13 Å². The van der Waals surface area contributed by atoms with E-state index in [9.17, 15) is 28.1 Å². The second-order valence-electron chi connectivity index (χ2n) is 7.03. The van der Waals surface area contributed by atoms with Crippen LogP contribution < -0.4 is 9.64 Å². The molecule has 1 amide bonds. The van der Waals surface area contributed by atoms with E-state index in [1.165, 1.54) is 41.3 Å². The first-order valence-corrected chi connectivity index (χ1v) is 10.4. The number of fused-ring (bicyclic) bond motifs is 1. The molecule has 2 aromatic carbocycles. The Hall–Kier alpha value is -3.25. The summed E-state index contributed by atoms with van der Waals surface area (Å²) in [5.41, 5.74) is 0.257. The number of halogens is 3. The maximum Gasteiger partial charge on any atom is 0.573 e. The molecule has 0 spiro atoms. The molecule has 0 saturated carbocycles. The van der Waals surface area contributed by atoms with Crippen LogP contribution in [-0.2, 0) is 4.74 Å². The van der Waals surface area contributed by atoms with Gasteiger partial charge >= 0.3 is 6.36 Å². The third-order valence-corrected chi connectivity index (χ3v) is 5.81. The van der Waals surface area contributed by atoms with Crippen molar-refractivity contribution in [2.45, 2.75) is 25.3 Å². The molecule has 0 N–H and O–H groups in total. The van der Waals surface area contributed by atoms with Crippen LogP contribution in [0.5, 0.6) is 5.75 Å². The molecule has 168 valence electrons. The highest BCUT2D eigenvalue weighted by Crippen LogP contribution is 2.34. The van der Waals surface area contributed by atoms with E-state index in [2.05, 4.69) is 9.72 Å². The van der Waals surface area contributed by atoms with E-state index >= 15 is 0 Å². The maximum atomic E-state index is 13.3. The Labute approximate surface area is 183 Å². The van der Waals surface area contributed by atoms with Crippen molar-refractivity contribution >= 4 is 38.3 Å². The molecule has 1 atom stereocenters. The van der Waals surface area contributed by atoms with Crippen LogP contribution in [0.15, 0.2) is 42.5 Å². The van der Waals surface area contributed by atoms with Crippen LogP contribution in [0.4, 0.5) is 24.0 Å². The molecular formula is C20H16F3N3O5S. The lowest BCUT2D eigenvalue weighted by molar-refractivity contribution is -0.384. The first-order valence-electron chi connectivity index (χ1n) is 9.54. The van der Waals surface area contributed by atoms with Gasteiger partial charge in [-0.25, -0.2) is 4.98 Å². The van der Waals surface area contributed by atoms with Crippen LogP contribution in [0.25, 0.3) is 10.2 Å². The normalized spacial score (nSPS) is 16.3. The number of nitro groups is 1. The number of ether oxygens (including phenoxy) is 2. The van der Waals surface area contributed by atoms with Crippen molar-refractivity contribution in [3.63, 3.8) is 0 Å². The van der Waals surface area contributed by atoms with Crippen molar-refractivity contribution in [3.05, 3.63) is 58.1 Å². The topological polar surface area (TPSA) is 94.8 Å². The summed E-state index contributed by atoms with van der Waals surface area (Å²) in [6, 6.07) is 9.04. The molecule has 1 aliphatic rings. The monoisotopic (exact) mass is 467 g/mol. The van der Waals surface area contributed by atoms with Gasteiger partial charge in [-0.15, -0.1) is 13.2 Å². The number of hydrogen-bond acceptors (Lipinski definition) is 7. The number of amides is 1. The summed E-state index contributed by atoms with van der Waals surface area (Å²) in [6.45, 7) is 0.717. The summed E-state index contributed by atoms with van der Waals surface area (Å²) in [6.07, 6.45) is -3.51. The van der Waals surface area contributed by atoms with Crippen LogP contribution >= 0.6 is 11.3 Å². The predicted octanol–water partition coefficient (Wildman–Crippen LogP) is 4.93. The van der Waals surface area contributed by atoms with Gasteiger partial charge < -0.3 is 9.47 Å². The summed E-state index contributed by atoms with van der Waals surface area (Å²) in [7, 11) is 0. The molecule has 1 fully saturated rings. The van der Waals surface area contributed by atoms with Crippen molar-refractivity contribution in [3.8, 4) is 5.75 Å². The van der Waals surface area contributed by atoms with Gasteiger partial charge in [0, 0.05) is 30.4 Å². The lowest BCUT2D eigenvalue weighted by Crippen LogP contribution is -2.37. The second-order valence-corrected chi connectivity index (χ2v) is 8.04. The van der Waals surface area contributed by atoms with Crippen LogP contribution in [0.3, 0.4) is 0 Å². The summed E-state index contributed by atoms with van der Waals surface area (Å²) in [5, 5.41) is 11.3. The number of hydrogen-bond donors (Lipinski definition) is 0. The molecule has 1 aliphatic heterocycles. The third kappa shape index (κ3) is 4.97. The van der Waals surface area contributed by atoms with E-state index < -0.39 is 22.9 Å². The number of rotatable bonds is 6. The smallest absolute Gasteiger partial charge is 0.406 e. The van der Waals surface area contributed by atoms with E-state index in [0.29, 0.717) is 16.8 Å². The number of carbonyl (C=O) groups excluding carboxylic acids is 1. The molecule has 1 aromatic heterocycles. The van der Waals surface area contributed by atoms with E-state index in [-0.39, 0.29) is 29.0 Å². The van der Waals surface area contributed by atoms with Crippen LogP contribution in [0.2, 0.25) is 0 Å². The molecule has 4 rings (SSSR count). The van der Waals surface area contributed by atoms with Gasteiger partial charge in [-0.1, -0.05) is 17.4 Å². The van der Waals surface area contributed by atoms with Gasteiger partial charge in [-0.05, 0) is 31.0 Å². The lowest BCUT2D eigenvalue weighted by Gasteiger charge is -2.23. The Kier molecular flexibility index (Phi) is 5.98. The molecule has 12 heteroatoms. The van der Waals surface area contributed by atoms with Gasteiger partial charge in [0.25, 0.3) is 11.6 Å². The molecule has 0 radical (unpaired) electrons. The van der Waals surface area contributed by atoms with Crippen LogP contribution in [0, 0.1) is 10.1 Å². The number of nitrogens with zero attached hydrogens (tertiary/aromatic N) is 3. The minimum Gasteiger partial charge on any atom is -0.406 e. The number of thiazole rings is 1. The fourth-order valence-corrected chi connectivity index (χ4v) is 4.36. The van der Waals surface area contributed by atoms with Crippen LogP contribution in [0.1, 0.15) is 23.2 Å². The van der Waals surface area contributed by atoms with Gasteiger partial charge in [0.1, 0.15) is 5.75 Å². The summed E-state index contributed by atoms with van der Waals surface area (Å²) in [4.78, 5) is 29.5. The highest BCUT2D eigenvalue weighted by Gasteiger charge is 2.32. The molecule has 0 aliphatic carbocycles. The minimum absolute atomic E-state index is 0.0950. The molecule has 2 heterocycles. The minimum atomic E-state index is -4.83. The molecular weight excluding hydrogens is 451 g/mol. The number of aromatic nitrogens is 1. The first kappa shape index (κ1) is 22.0. The molecule has 3 aromatic rings. The van der Waals surface area contributed by atoms with Gasteiger partial charge in [0.2, 0.25) is 0 Å². The largest absolute Gasteiger partial charge is 0.573 e. The molecule has 1 saturated heterocycles. The Morgan fingerprint density at radius 2 is 2.12 bits per heavy atom. The fraction of sp³-hybridized carbons (Fsp3) is 0.300. The first-order chi connectivity index (χ1) is 15.2. The Bertz CT molecular complexity index is 1160. The highest BCUT2D eigenvalue weighted by atomic mass is 32.1. The molecule has 32 heavy (non-hydrogen) atoms. The average molecular weight is 467 g/mol. The van der Waals surface area contributed by atoms with E-state index in [1.54, 1.807) is 0 Å². The Morgan fingerprint density at radius 1 is 1.31 bits per heavy atom. The zero-order valence-corrected chi connectivity index (χ0v) is 17.2. The number of carbonyl (C=O) groups is 1. The van der Waals surface area contributed by atoms with Crippen molar-refractivity contribution in [2.24, 2.45) is 0 Å². The summed E-state index contributed by atoms with van der Waals surface area (Å²) in [5.74, 6) is -0.911. The number of nitro benzene ring substituents is 1.